The van der Waals surface area contributed by atoms with Gasteiger partial charge in [0.1, 0.15) is 17.1 Å². The van der Waals surface area contributed by atoms with E-state index in [2.05, 4.69) is 19.2 Å². The highest BCUT2D eigenvalue weighted by Crippen LogP contribution is 2.35. The minimum absolute atomic E-state index is 0.0229. The van der Waals surface area contributed by atoms with Gasteiger partial charge in [-0.3, -0.25) is 9.59 Å². The van der Waals surface area contributed by atoms with Crippen molar-refractivity contribution in [2.75, 3.05) is 17.3 Å². The molecule has 1 aliphatic rings. The minimum Gasteiger partial charge on any atom is -0.479 e. The van der Waals surface area contributed by atoms with Gasteiger partial charge in [-0.1, -0.05) is 13.8 Å². The van der Waals surface area contributed by atoms with E-state index in [4.69, 9.17) is 9.15 Å². The van der Waals surface area contributed by atoms with Crippen LogP contribution in [0.25, 0.3) is 0 Å². The van der Waals surface area contributed by atoms with E-state index in [0.717, 1.165) is 6.42 Å². The van der Waals surface area contributed by atoms with Crippen molar-refractivity contribution < 1.29 is 18.7 Å². The zero-order chi connectivity index (χ0) is 21.3. The third-order valence-electron chi connectivity index (χ3n) is 4.96. The molecule has 1 aliphatic heterocycles. The summed E-state index contributed by atoms with van der Waals surface area (Å²) in [6.45, 7) is 7.60. The molecule has 0 saturated heterocycles. The number of ether oxygens (including phenoxy) is 1. The molecular weight excluding hydrogens is 372 g/mol. The van der Waals surface area contributed by atoms with Crippen molar-refractivity contribution in [2.45, 2.75) is 46.6 Å². The Labute approximate surface area is 169 Å². The molecule has 0 radical (unpaired) electrons. The highest BCUT2D eigenvalue weighted by atomic mass is 16.5. The number of nitrogens with zero attached hydrogens (tertiary/aromatic N) is 1. The molecule has 2 amide bonds. The van der Waals surface area contributed by atoms with Crippen LogP contribution in [0.2, 0.25) is 0 Å². The number of hydrogen-bond donors (Lipinski definition) is 1. The molecule has 3 rings (SSSR count). The summed E-state index contributed by atoms with van der Waals surface area (Å²) in [6, 6.07) is 6.74. The molecule has 1 atom stereocenters. The minimum atomic E-state index is -0.649. The van der Waals surface area contributed by atoms with Crippen molar-refractivity contribution in [3.8, 4) is 5.75 Å². The van der Waals surface area contributed by atoms with Gasteiger partial charge in [-0.15, -0.1) is 0 Å². The van der Waals surface area contributed by atoms with E-state index in [-0.39, 0.29) is 11.5 Å². The van der Waals surface area contributed by atoms with Gasteiger partial charge in [0.15, 0.2) is 6.10 Å². The van der Waals surface area contributed by atoms with Gasteiger partial charge in [-0.25, -0.2) is 4.79 Å². The zero-order valence-corrected chi connectivity index (χ0v) is 17.4. The van der Waals surface area contributed by atoms with E-state index < -0.39 is 17.6 Å². The fraction of sp³-hybridized carbons (Fsp3) is 0.409. The van der Waals surface area contributed by atoms with Gasteiger partial charge in [0.05, 0.1) is 5.69 Å². The summed E-state index contributed by atoms with van der Waals surface area (Å²) in [5.74, 6) is 0.908. The number of nitrogens with one attached hydrogen (secondary N) is 1. The second-order valence-electron chi connectivity index (χ2n) is 7.78. The second kappa shape index (κ2) is 8.11. The normalized spacial score (nSPS) is 15.9. The summed E-state index contributed by atoms with van der Waals surface area (Å²) in [4.78, 5) is 38.7. The lowest BCUT2D eigenvalue weighted by atomic mass is 10.0. The fourth-order valence-corrected chi connectivity index (χ4v) is 3.28. The number of hydrogen-bond acceptors (Lipinski definition) is 5. The molecule has 1 aromatic carbocycles. The van der Waals surface area contributed by atoms with Gasteiger partial charge in [-0.05, 0) is 56.0 Å². The van der Waals surface area contributed by atoms with Crippen molar-refractivity contribution in [1.82, 2.24) is 0 Å². The summed E-state index contributed by atoms with van der Waals surface area (Å²) < 4.78 is 10.9. The Morgan fingerprint density at radius 1 is 1.24 bits per heavy atom. The average Bonchev–Trinajstić information content (AvgIpc) is 2.64. The van der Waals surface area contributed by atoms with E-state index >= 15 is 0 Å². The van der Waals surface area contributed by atoms with Crippen LogP contribution < -0.4 is 20.6 Å². The molecule has 2 aromatic rings. The van der Waals surface area contributed by atoms with Gasteiger partial charge in [0.25, 0.3) is 11.8 Å². The number of likely N-dealkylation sites (N-methyl/N-ethyl adjacent to an activating group) is 1. The Morgan fingerprint density at radius 3 is 2.62 bits per heavy atom. The van der Waals surface area contributed by atoms with Crippen molar-refractivity contribution in [3.63, 3.8) is 0 Å². The summed E-state index contributed by atoms with van der Waals surface area (Å²) in [5.41, 5.74) is 0.904. The standard InChI is InChI=1S/C22H26N2O5/c1-12(2)6-8-16-10-13(3)19(22(27)29-16)20(25)23-15-7-9-18-17(11-15)24(5)21(26)14(4)28-18/h7,9-12,14H,6,8H2,1-5H3,(H,23,25). The van der Waals surface area contributed by atoms with Crippen LogP contribution >= 0.6 is 0 Å². The predicted molar refractivity (Wildman–Crippen MR) is 111 cm³/mol. The van der Waals surface area contributed by atoms with Crippen LogP contribution in [0.3, 0.4) is 0 Å². The number of fused-ring (bicyclic) bond motifs is 1. The number of carbonyl (C=O) groups excluding carboxylic acids is 2. The number of benzene rings is 1. The maximum absolute atomic E-state index is 12.7. The van der Waals surface area contributed by atoms with Gasteiger partial charge in [-0.2, -0.15) is 0 Å². The molecule has 0 saturated carbocycles. The molecular formula is C22H26N2O5. The molecule has 0 spiro atoms. The van der Waals surface area contributed by atoms with Crippen LogP contribution in [0.4, 0.5) is 11.4 Å². The summed E-state index contributed by atoms with van der Waals surface area (Å²) in [5, 5.41) is 2.71. The van der Waals surface area contributed by atoms with Gasteiger partial charge >= 0.3 is 5.63 Å². The lowest BCUT2D eigenvalue weighted by molar-refractivity contribution is -0.125. The average molecular weight is 398 g/mol. The zero-order valence-electron chi connectivity index (χ0n) is 17.4. The molecule has 0 fully saturated rings. The molecule has 1 unspecified atom stereocenters. The maximum atomic E-state index is 12.7. The van der Waals surface area contributed by atoms with Crippen LogP contribution in [0.5, 0.6) is 5.75 Å². The van der Waals surface area contributed by atoms with Crippen molar-refractivity contribution in [3.05, 3.63) is 51.6 Å². The third kappa shape index (κ3) is 4.34. The number of aryl methyl sites for hydroxylation is 2. The molecule has 0 bridgehead atoms. The first-order valence-corrected chi connectivity index (χ1v) is 9.70. The summed E-state index contributed by atoms with van der Waals surface area (Å²) in [7, 11) is 1.65. The highest BCUT2D eigenvalue weighted by Gasteiger charge is 2.29. The maximum Gasteiger partial charge on any atom is 0.349 e. The van der Waals surface area contributed by atoms with Gasteiger partial charge < -0.3 is 19.4 Å². The smallest absolute Gasteiger partial charge is 0.349 e. The lowest BCUT2D eigenvalue weighted by Gasteiger charge is -2.30. The number of carbonyl (C=O) groups is 2. The van der Waals surface area contributed by atoms with E-state index in [9.17, 15) is 14.4 Å². The van der Waals surface area contributed by atoms with Crippen molar-refractivity contribution in [2.24, 2.45) is 5.92 Å². The first kappa shape index (κ1) is 20.6. The Bertz CT molecular complexity index is 1010. The van der Waals surface area contributed by atoms with E-state index in [0.29, 0.717) is 40.8 Å². The fourth-order valence-electron chi connectivity index (χ4n) is 3.28. The lowest BCUT2D eigenvalue weighted by Crippen LogP contribution is -2.42. The highest BCUT2D eigenvalue weighted by molar-refractivity contribution is 6.06. The predicted octanol–water partition coefficient (Wildman–Crippen LogP) is 3.53. The Morgan fingerprint density at radius 2 is 1.97 bits per heavy atom. The molecule has 7 heteroatoms. The molecule has 0 aliphatic carbocycles. The number of amides is 2. The largest absolute Gasteiger partial charge is 0.479 e. The quantitative estimate of drug-likeness (QED) is 0.832. The molecule has 29 heavy (non-hydrogen) atoms. The van der Waals surface area contributed by atoms with E-state index in [1.54, 1.807) is 45.2 Å². The summed E-state index contributed by atoms with van der Waals surface area (Å²) >= 11 is 0. The molecule has 1 aromatic heterocycles. The number of anilines is 2. The third-order valence-corrected chi connectivity index (χ3v) is 4.96. The van der Waals surface area contributed by atoms with Crippen LogP contribution in [0.15, 0.2) is 33.5 Å². The van der Waals surface area contributed by atoms with E-state index in [1.165, 1.54) is 4.90 Å². The Kier molecular flexibility index (Phi) is 5.77. The molecule has 7 nitrogen and oxygen atoms in total. The topological polar surface area (TPSA) is 88.9 Å². The molecule has 154 valence electrons. The number of rotatable bonds is 5. The van der Waals surface area contributed by atoms with Crippen molar-refractivity contribution in [1.29, 1.82) is 0 Å². The Balaban J connectivity index is 1.82. The first-order chi connectivity index (χ1) is 13.7. The SMILES string of the molecule is Cc1cc(CCC(C)C)oc(=O)c1C(=O)Nc1ccc2c(c1)N(C)C(=O)C(C)O2. The van der Waals surface area contributed by atoms with E-state index in [1.807, 2.05) is 0 Å². The van der Waals surface area contributed by atoms with Gasteiger partial charge in [0, 0.05) is 19.2 Å². The monoisotopic (exact) mass is 398 g/mol. The van der Waals surface area contributed by atoms with Crippen LogP contribution in [-0.2, 0) is 11.2 Å². The summed E-state index contributed by atoms with van der Waals surface area (Å²) in [6.07, 6.45) is 0.990. The van der Waals surface area contributed by atoms with Crippen LogP contribution in [0, 0.1) is 12.8 Å². The van der Waals surface area contributed by atoms with Gasteiger partial charge in [0.2, 0.25) is 0 Å². The van der Waals surface area contributed by atoms with Crippen molar-refractivity contribution >= 4 is 23.2 Å². The van der Waals surface area contributed by atoms with Crippen LogP contribution in [0.1, 0.15) is 48.9 Å². The molecule has 2 heterocycles. The second-order valence-corrected chi connectivity index (χ2v) is 7.78. The molecule has 1 N–H and O–H groups in total. The first-order valence-electron chi connectivity index (χ1n) is 9.70. The van der Waals surface area contributed by atoms with Crippen LogP contribution in [-0.4, -0.2) is 25.0 Å². The Hall–Kier alpha value is -3.09.